The summed E-state index contributed by atoms with van der Waals surface area (Å²) in [4.78, 5) is 22.3. The molecule has 1 amide bonds. The van der Waals surface area contributed by atoms with Crippen molar-refractivity contribution in [1.82, 2.24) is 10.0 Å². The van der Waals surface area contributed by atoms with E-state index in [9.17, 15) is 4.79 Å². The van der Waals surface area contributed by atoms with Crippen LogP contribution in [0.15, 0.2) is 73.1 Å². The minimum atomic E-state index is -0.179. The maximum absolute atomic E-state index is 12.4. The Bertz CT molecular complexity index is 1110. The lowest BCUT2D eigenvalue weighted by Crippen LogP contribution is -2.24. The number of benzene rings is 2. The highest BCUT2D eigenvalue weighted by atomic mass is 32.1. The second kappa shape index (κ2) is 7.80. The predicted octanol–water partition coefficient (Wildman–Crippen LogP) is 5.34. The molecule has 0 fully saturated rings. The van der Waals surface area contributed by atoms with Crippen molar-refractivity contribution in [1.29, 1.82) is 0 Å². The number of rotatable bonds is 5. The average Bonchev–Trinajstić information content (AvgIpc) is 3.19. The van der Waals surface area contributed by atoms with Gasteiger partial charge in [0.1, 0.15) is 0 Å². The van der Waals surface area contributed by atoms with Crippen LogP contribution in [0.3, 0.4) is 0 Å². The first kappa shape index (κ1) is 18.2. The first-order valence-corrected chi connectivity index (χ1v) is 9.59. The fourth-order valence-electron chi connectivity index (χ4n) is 2.94. The molecule has 0 saturated carbocycles. The third-order valence-corrected chi connectivity index (χ3v) is 5.55. The van der Waals surface area contributed by atoms with Gasteiger partial charge >= 0.3 is 0 Å². The van der Waals surface area contributed by atoms with E-state index in [1.165, 1.54) is 29.1 Å². The molecule has 0 aliphatic carbocycles. The number of carbonyl (C=O) groups is 1. The lowest BCUT2D eigenvalue weighted by atomic mass is 10.1. The van der Waals surface area contributed by atoms with E-state index >= 15 is 0 Å². The molecule has 2 aromatic heterocycles. The zero-order chi connectivity index (χ0) is 19.5. The maximum atomic E-state index is 12.4. The van der Waals surface area contributed by atoms with E-state index in [-0.39, 0.29) is 5.91 Å². The Hall–Kier alpha value is -3.22. The molecule has 0 aliphatic heterocycles. The molecule has 6 heteroatoms. The number of hydrogen-bond donors (Lipinski definition) is 1. The summed E-state index contributed by atoms with van der Waals surface area (Å²) in [6.45, 7) is 0. The van der Waals surface area contributed by atoms with E-state index in [0.29, 0.717) is 4.88 Å². The molecule has 140 valence electrons. The normalized spacial score (nSPS) is 10.8. The Morgan fingerprint density at radius 3 is 2.46 bits per heavy atom. The predicted molar refractivity (Wildman–Crippen MR) is 114 cm³/mol. The van der Waals surface area contributed by atoms with Crippen LogP contribution >= 0.6 is 11.3 Å². The van der Waals surface area contributed by atoms with E-state index in [1.54, 1.807) is 19.4 Å². The largest absolute Gasteiger partial charge is 0.354 e. The summed E-state index contributed by atoms with van der Waals surface area (Å²) in [5.74, 6) is -0.179. The van der Waals surface area contributed by atoms with Crippen molar-refractivity contribution >= 4 is 38.7 Å². The van der Waals surface area contributed by atoms with Crippen LogP contribution in [0.2, 0.25) is 0 Å². The molecule has 0 aliphatic rings. The van der Waals surface area contributed by atoms with E-state index in [4.69, 9.17) is 4.84 Å². The number of hydrogen-bond acceptors (Lipinski definition) is 5. The van der Waals surface area contributed by atoms with Gasteiger partial charge in [0.05, 0.1) is 28.6 Å². The Labute approximate surface area is 167 Å². The first-order chi connectivity index (χ1) is 13.7. The van der Waals surface area contributed by atoms with E-state index in [1.807, 2.05) is 36.4 Å². The van der Waals surface area contributed by atoms with Crippen LogP contribution in [-0.4, -0.2) is 30.1 Å². The molecule has 0 saturated heterocycles. The van der Waals surface area contributed by atoms with Crippen LogP contribution in [0, 0.1) is 0 Å². The number of hydroxylamine groups is 2. The maximum Gasteiger partial charge on any atom is 0.287 e. The van der Waals surface area contributed by atoms with E-state index < -0.39 is 0 Å². The smallest absolute Gasteiger partial charge is 0.287 e. The molecule has 1 N–H and O–H groups in total. The van der Waals surface area contributed by atoms with Gasteiger partial charge in [-0.15, -0.1) is 11.3 Å². The molecule has 5 nitrogen and oxygen atoms in total. The third-order valence-electron chi connectivity index (χ3n) is 4.49. The number of nitrogens with one attached hydrogen (secondary N) is 1. The highest BCUT2D eigenvalue weighted by Gasteiger charge is 2.16. The van der Waals surface area contributed by atoms with Crippen molar-refractivity contribution in [2.75, 3.05) is 19.5 Å². The number of nitrogens with zero attached hydrogens (tertiary/aromatic N) is 2. The molecule has 4 aromatic rings. The number of amides is 1. The summed E-state index contributed by atoms with van der Waals surface area (Å²) in [6.07, 6.45) is 3.54. The molecule has 28 heavy (non-hydrogen) atoms. The van der Waals surface area contributed by atoms with Crippen LogP contribution in [0.4, 0.5) is 11.4 Å². The molecule has 4 rings (SSSR count). The van der Waals surface area contributed by atoms with E-state index in [2.05, 4.69) is 34.6 Å². The molecular weight excluding hydrogens is 370 g/mol. The number of pyridine rings is 1. The van der Waals surface area contributed by atoms with Gasteiger partial charge in [0.15, 0.2) is 0 Å². The Kier molecular flexibility index (Phi) is 5.06. The summed E-state index contributed by atoms with van der Waals surface area (Å²) in [6, 6.07) is 20.4. The van der Waals surface area contributed by atoms with Gasteiger partial charge in [-0.05, 0) is 29.3 Å². The fraction of sp³-hybridized carbons (Fsp3) is 0.0909. The van der Waals surface area contributed by atoms with Crippen LogP contribution in [0.1, 0.15) is 9.67 Å². The number of fused-ring (bicyclic) bond motifs is 1. The number of thiophene rings is 1. The van der Waals surface area contributed by atoms with Gasteiger partial charge in [-0.25, -0.2) is 5.06 Å². The van der Waals surface area contributed by atoms with Gasteiger partial charge in [0.2, 0.25) is 0 Å². The van der Waals surface area contributed by atoms with Gasteiger partial charge in [0, 0.05) is 24.3 Å². The second-order valence-electron chi connectivity index (χ2n) is 6.26. The van der Waals surface area contributed by atoms with Gasteiger partial charge in [-0.2, -0.15) is 0 Å². The summed E-state index contributed by atoms with van der Waals surface area (Å²) in [5, 5.41) is 5.58. The Morgan fingerprint density at radius 1 is 1.04 bits per heavy atom. The molecule has 0 atom stereocenters. The van der Waals surface area contributed by atoms with Crippen molar-refractivity contribution in [2.24, 2.45) is 0 Å². The fourth-order valence-corrected chi connectivity index (χ4v) is 3.96. The van der Waals surface area contributed by atoms with Crippen LogP contribution in [0.25, 0.3) is 21.2 Å². The first-order valence-electron chi connectivity index (χ1n) is 8.78. The number of anilines is 2. The van der Waals surface area contributed by atoms with Crippen molar-refractivity contribution in [3.63, 3.8) is 0 Å². The second-order valence-corrected chi connectivity index (χ2v) is 7.35. The SMILES string of the molecule is CON(C)C(=O)c1cc2c(Nc3ccc(-c4ccccc4)cc3)cncc2s1. The van der Waals surface area contributed by atoms with Gasteiger partial charge in [-0.3, -0.25) is 14.6 Å². The monoisotopic (exact) mass is 389 g/mol. The zero-order valence-corrected chi connectivity index (χ0v) is 16.4. The number of aromatic nitrogens is 1. The van der Waals surface area contributed by atoms with Crippen molar-refractivity contribution in [3.8, 4) is 11.1 Å². The lowest BCUT2D eigenvalue weighted by Gasteiger charge is -2.11. The van der Waals surface area contributed by atoms with Crippen molar-refractivity contribution < 1.29 is 9.63 Å². The van der Waals surface area contributed by atoms with Gasteiger partial charge in [0.25, 0.3) is 5.91 Å². The van der Waals surface area contributed by atoms with Crippen molar-refractivity contribution in [3.05, 3.63) is 77.9 Å². The van der Waals surface area contributed by atoms with Crippen molar-refractivity contribution in [2.45, 2.75) is 0 Å². The van der Waals surface area contributed by atoms with Crippen LogP contribution in [-0.2, 0) is 4.84 Å². The highest BCUT2D eigenvalue weighted by molar-refractivity contribution is 7.20. The molecule has 0 spiro atoms. The molecule has 2 aromatic carbocycles. The standard InChI is InChI=1S/C22H19N3O2S/c1-25(27-2)22(26)20-12-18-19(13-23-14-21(18)28-20)24-17-10-8-16(9-11-17)15-6-4-3-5-7-15/h3-14,24H,1-2H3. The summed E-state index contributed by atoms with van der Waals surface area (Å²) in [7, 11) is 3.07. The minimum Gasteiger partial charge on any atom is -0.354 e. The lowest BCUT2D eigenvalue weighted by molar-refractivity contribution is -0.0753. The van der Waals surface area contributed by atoms with Gasteiger partial charge < -0.3 is 5.32 Å². The molecular formula is C22H19N3O2S. The van der Waals surface area contributed by atoms with E-state index in [0.717, 1.165) is 27.0 Å². The summed E-state index contributed by atoms with van der Waals surface area (Å²) < 4.78 is 0.943. The third kappa shape index (κ3) is 3.60. The van der Waals surface area contributed by atoms with Crippen LogP contribution in [0.5, 0.6) is 0 Å². The Morgan fingerprint density at radius 2 is 1.75 bits per heavy atom. The van der Waals surface area contributed by atoms with Crippen LogP contribution < -0.4 is 5.32 Å². The quantitative estimate of drug-likeness (QED) is 0.468. The molecule has 0 bridgehead atoms. The minimum absolute atomic E-state index is 0.179. The summed E-state index contributed by atoms with van der Waals surface area (Å²) in [5.41, 5.74) is 4.16. The zero-order valence-electron chi connectivity index (χ0n) is 15.5. The highest BCUT2D eigenvalue weighted by Crippen LogP contribution is 2.33. The topological polar surface area (TPSA) is 54.5 Å². The average molecular weight is 389 g/mol. The molecule has 0 radical (unpaired) electrons. The molecule has 2 heterocycles. The van der Waals surface area contributed by atoms with Gasteiger partial charge in [-0.1, -0.05) is 42.5 Å². The summed E-state index contributed by atoms with van der Waals surface area (Å²) >= 11 is 1.40. The Balaban J connectivity index is 1.61. The molecule has 0 unspecified atom stereocenters. The number of carbonyl (C=O) groups excluding carboxylic acids is 1.